The summed E-state index contributed by atoms with van der Waals surface area (Å²) >= 11 is 0. The Labute approximate surface area is 84.7 Å². The summed E-state index contributed by atoms with van der Waals surface area (Å²) in [6, 6.07) is 0. The number of amides is 1. The van der Waals surface area contributed by atoms with Crippen molar-refractivity contribution in [2.75, 3.05) is 26.2 Å². The van der Waals surface area contributed by atoms with E-state index in [1.165, 1.54) is 0 Å². The lowest BCUT2D eigenvalue weighted by Crippen LogP contribution is -2.40. The fraction of sp³-hybridized carbons (Fsp3) is 0.700. The van der Waals surface area contributed by atoms with E-state index in [4.69, 9.17) is 4.74 Å². The predicted molar refractivity (Wildman–Crippen MR) is 55.1 cm³/mol. The summed E-state index contributed by atoms with van der Waals surface area (Å²) < 4.78 is 5.48. The first-order valence-electron chi connectivity index (χ1n) is 4.96. The molecule has 0 aromatic heterocycles. The molecule has 1 atom stereocenters. The molecule has 1 aliphatic heterocycles. The van der Waals surface area contributed by atoms with Crippen molar-refractivity contribution in [1.82, 2.24) is 10.6 Å². The summed E-state index contributed by atoms with van der Waals surface area (Å²) in [7, 11) is 0. The summed E-state index contributed by atoms with van der Waals surface area (Å²) in [5.74, 6) is -0.0752. The zero-order valence-corrected chi connectivity index (χ0v) is 8.64. The first kappa shape index (κ1) is 11.2. The highest BCUT2D eigenvalue weighted by molar-refractivity contribution is 5.91. The zero-order chi connectivity index (χ0) is 10.4. The largest absolute Gasteiger partial charge is 0.376 e. The summed E-state index contributed by atoms with van der Waals surface area (Å²) in [5.41, 5.74) is 0.549. The predicted octanol–water partition coefficient (Wildman–Crippen LogP) is 0.0572. The van der Waals surface area contributed by atoms with E-state index in [0.717, 1.165) is 26.1 Å². The third kappa shape index (κ3) is 3.89. The maximum atomic E-state index is 11.1. The first-order valence-corrected chi connectivity index (χ1v) is 4.96. The molecule has 0 aromatic rings. The highest BCUT2D eigenvalue weighted by atomic mass is 16.5. The summed E-state index contributed by atoms with van der Waals surface area (Å²) in [5, 5.41) is 6.02. The number of nitrogens with one attached hydrogen (secondary N) is 2. The molecular formula is C10H18N2O2. The molecule has 80 valence electrons. The van der Waals surface area contributed by atoms with Crippen molar-refractivity contribution in [3.05, 3.63) is 12.2 Å². The third-order valence-electron chi connectivity index (χ3n) is 2.14. The molecule has 2 N–H and O–H groups in total. The molecule has 1 fully saturated rings. The van der Waals surface area contributed by atoms with Crippen LogP contribution in [0.3, 0.4) is 0 Å². The Kier molecular flexibility index (Phi) is 4.62. The van der Waals surface area contributed by atoms with Gasteiger partial charge in [-0.1, -0.05) is 6.58 Å². The molecule has 0 aliphatic carbocycles. The van der Waals surface area contributed by atoms with E-state index in [2.05, 4.69) is 17.2 Å². The van der Waals surface area contributed by atoms with Gasteiger partial charge < -0.3 is 15.4 Å². The number of carbonyl (C=O) groups excluding carboxylic acids is 1. The molecule has 0 aromatic carbocycles. The Bertz CT molecular complexity index is 210. The topological polar surface area (TPSA) is 50.4 Å². The van der Waals surface area contributed by atoms with Crippen LogP contribution in [0.15, 0.2) is 12.2 Å². The highest BCUT2D eigenvalue weighted by Gasteiger charge is 2.12. The highest BCUT2D eigenvalue weighted by Crippen LogP contribution is 2.00. The van der Waals surface area contributed by atoms with Crippen LogP contribution in [0.2, 0.25) is 0 Å². The Balaban J connectivity index is 2.08. The van der Waals surface area contributed by atoms with Gasteiger partial charge in [0.1, 0.15) is 0 Å². The van der Waals surface area contributed by atoms with Gasteiger partial charge in [0, 0.05) is 25.2 Å². The van der Waals surface area contributed by atoms with Crippen LogP contribution in [0.4, 0.5) is 0 Å². The molecule has 1 unspecified atom stereocenters. The maximum Gasteiger partial charge on any atom is 0.246 e. The standard InChI is InChI=1S/C10H18N2O2/c1-8(2)10(13)12-4-3-9-7-11-5-6-14-9/h9,11H,1,3-7H2,2H3,(H,12,13). The van der Waals surface area contributed by atoms with Crippen molar-refractivity contribution in [3.8, 4) is 0 Å². The fourth-order valence-electron chi connectivity index (χ4n) is 1.30. The van der Waals surface area contributed by atoms with Crippen LogP contribution in [0.25, 0.3) is 0 Å². The zero-order valence-electron chi connectivity index (χ0n) is 8.64. The molecule has 0 saturated carbocycles. The van der Waals surface area contributed by atoms with Crippen molar-refractivity contribution in [1.29, 1.82) is 0 Å². The average molecular weight is 198 g/mol. The number of rotatable bonds is 4. The van der Waals surface area contributed by atoms with E-state index in [-0.39, 0.29) is 12.0 Å². The number of carbonyl (C=O) groups is 1. The van der Waals surface area contributed by atoms with Crippen LogP contribution in [-0.4, -0.2) is 38.3 Å². The molecule has 1 rings (SSSR count). The summed E-state index contributed by atoms with van der Waals surface area (Å²) in [6.45, 7) is 8.48. The lowest BCUT2D eigenvalue weighted by atomic mass is 10.2. The molecule has 1 aliphatic rings. The second-order valence-electron chi connectivity index (χ2n) is 3.52. The van der Waals surface area contributed by atoms with Gasteiger partial charge in [0.15, 0.2) is 0 Å². The third-order valence-corrected chi connectivity index (χ3v) is 2.14. The second kappa shape index (κ2) is 5.78. The molecule has 0 spiro atoms. The normalized spacial score (nSPS) is 21.6. The molecule has 1 saturated heterocycles. The Morgan fingerprint density at radius 3 is 3.07 bits per heavy atom. The van der Waals surface area contributed by atoms with E-state index in [1.54, 1.807) is 6.92 Å². The minimum Gasteiger partial charge on any atom is -0.376 e. The van der Waals surface area contributed by atoms with Gasteiger partial charge in [-0.15, -0.1) is 0 Å². The first-order chi connectivity index (χ1) is 6.70. The van der Waals surface area contributed by atoms with E-state index < -0.39 is 0 Å². The lowest BCUT2D eigenvalue weighted by Gasteiger charge is -2.23. The van der Waals surface area contributed by atoms with Crippen molar-refractivity contribution >= 4 is 5.91 Å². The van der Waals surface area contributed by atoms with E-state index in [1.807, 2.05) is 0 Å². The van der Waals surface area contributed by atoms with Crippen molar-refractivity contribution in [2.24, 2.45) is 0 Å². The Morgan fingerprint density at radius 1 is 1.71 bits per heavy atom. The van der Waals surface area contributed by atoms with Crippen LogP contribution in [0, 0.1) is 0 Å². The van der Waals surface area contributed by atoms with Crippen LogP contribution < -0.4 is 10.6 Å². The Hall–Kier alpha value is -0.870. The van der Waals surface area contributed by atoms with Crippen molar-refractivity contribution < 1.29 is 9.53 Å². The van der Waals surface area contributed by atoms with Crippen LogP contribution in [-0.2, 0) is 9.53 Å². The van der Waals surface area contributed by atoms with Crippen molar-refractivity contribution in [3.63, 3.8) is 0 Å². The van der Waals surface area contributed by atoms with Gasteiger partial charge in [-0.05, 0) is 13.3 Å². The molecule has 14 heavy (non-hydrogen) atoms. The van der Waals surface area contributed by atoms with Gasteiger partial charge in [-0.2, -0.15) is 0 Å². The van der Waals surface area contributed by atoms with Gasteiger partial charge in [-0.3, -0.25) is 4.79 Å². The molecule has 1 amide bonds. The van der Waals surface area contributed by atoms with Gasteiger partial charge in [0.2, 0.25) is 5.91 Å². The number of hydrogen-bond acceptors (Lipinski definition) is 3. The van der Waals surface area contributed by atoms with Crippen LogP contribution >= 0.6 is 0 Å². The number of hydrogen-bond donors (Lipinski definition) is 2. The van der Waals surface area contributed by atoms with E-state index in [9.17, 15) is 4.79 Å². The SMILES string of the molecule is C=C(C)C(=O)NCCC1CNCCO1. The smallest absolute Gasteiger partial charge is 0.246 e. The van der Waals surface area contributed by atoms with Gasteiger partial charge in [0.05, 0.1) is 12.7 Å². The molecule has 0 bridgehead atoms. The molecule has 4 nitrogen and oxygen atoms in total. The molecule has 4 heteroatoms. The van der Waals surface area contributed by atoms with Crippen LogP contribution in [0.1, 0.15) is 13.3 Å². The molecular weight excluding hydrogens is 180 g/mol. The quantitative estimate of drug-likeness (QED) is 0.628. The van der Waals surface area contributed by atoms with E-state index >= 15 is 0 Å². The Morgan fingerprint density at radius 2 is 2.50 bits per heavy atom. The summed E-state index contributed by atoms with van der Waals surface area (Å²) in [4.78, 5) is 11.1. The minimum absolute atomic E-state index is 0.0752. The second-order valence-corrected chi connectivity index (χ2v) is 3.52. The maximum absolute atomic E-state index is 11.1. The van der Waals surface area contributed by atoms with Gasteiger partial charge in [0.25, 0.3) is 0 Å². The average Bonchev–Trinajstić information content (AvgIpc) is 2.19. The molecule has 0 radical (unpaired) electrons. The minimum atomic E-state index is -0.0752. The summed E-state index contributed by atoms with van der Waals surface area (Å²) in [6.07, 6.45) is 1.08. The van der Waals surface area contributed by atoms with Crippen molar-refractivity contribution in [2.45, 2.75) is 19.4 Å². The van der Waals surface area contributed by atoms with E-state index in [0.29, 0.717) is 12.1 Å². The van der Waals surface area contributed by atoms with Crippen LogP contribution in [0.5, 0.6) is 0 Å². The lowest BCUT2D eigenvalue weighted by molar-refractivity contribution is -0.117. The van der Waals surface area contributed by atoms with Gasteiger partial charge >= 0.3 is 0 Å². The number of morpholine rings is 1. The number of ether oxygens (including phenoxy) is 1. The monoisotopic (exact) mass is 198 g/mol. The van der Waals surface area contributed by atoms with Gasteiger partial charge in [-0.25, -0.2) is 0 Å². The molecule has 1 heterocycles. The fourth-order valence-corrected chi connectivity index (χ4v) is 1.30.